The number of rotatable bonds is 4. The van der Waals surface area contributed by atoms with E-state index in [4.69, 9.17) is 5.73 Å². The molecule has 4 rings (SSSR count). The van der Waals surface area contributed by atoms with Crippen molar-refractivity contribution in [3.8, 4) is 0 Å². The van der Waals surface area contributed by atoms with Gasteiger partial charge in [0.1, 0.15) is 5.76 Å². The first-order valence-electron chi connectivity index (χ1n) is 10.8. The van der Waals surface area contributed by atoms with Crippen LogP contribution in [-0.4, -0.2) is 39.0 Å². The van der Waals surface area contributed by atoms with E-state index in [9.17, 15) is 14.7 Å². The summed E-state index contributed by atoms with van der Waals surface area (Å²) in [5, 5.41) is 10.8. The van der Waals surface area contributed by atoms with Crippen molar-refractivity contribution < 1.29 is 9.90 Å². The number of aromatic amines is 1. The normalized spacial score (nSPS) is 17.9. The minimum Gasteiger partial charge on any atom is -0.512 e. The summed E-state index contributed by atoms with van der Waals surface area (Å²) in [6, 6.07) is 11.4. The summed E-state index contributed by atoms with van der Waals surface area (Å²) in [6.07, 6.45) is 6.60. The number of benzene rings is 1. The van der Waals surface area contributed by atoms with Crippen molar-refractivity contribution in [3.63, 3.8) is 0 Å². The summed E-state index contributed by atoms with van der Waals surface area (Å²) in [5.41, 5.74) is 8.83. The number of hydrogen-bond donors (Lipinski definition) is 3. The summed E-state index contributed by atoms with van der Waals surface area (Å²) in [4.78, 5) is 32.6. The van der Waals surface area contributed by atoms with Crippen molar-refractivity contribution in [2.75, 3.05) is 18.8 Å². The number of aromatic nitrogens is 2. The molecule has 1 aliphatic carbocycles. The van der Waals surface area contributed by atoms with Gasteiger partial charge in [0, 0.05) is 31.1 Å². The Balaban J connectivity index is 1.46. The average Bonchev–Trinajstić information content (AvgIpc) is 2.95. The van der Waals surface area contributed by atoms with E-state index in [0.29, 0.717) is 36.9 Å². The molecule has 7 nitrogen and oxygen atoms in total. The van der Waals surface area contributed by atoms with E-state index in [2.05, 4.69) is 16.0 Å². The number of piperidine rings is 1. The number of hydrogen-bond acceptors (Lipinski definition) is 5. The van der Waals surface area contributed by atoms with E-state index in [1.54, 1.807) is 0 Å². The summed E-state index contributed by atoms with van der Waals surface area (Å²) in [6.45, 7) is 1.28. The molecule has 162 valence electrons. The van der Waals surface area contributed by atoms with Gasteiger partial charge >= 0.3 is 0 Å². The first-order chi connectivity index (χ1) is 15.0. The van der Waals surface area contributed by atoms with Crippen molar-refractivity contribution in [3.05, 3.63) is 75.4 Å². The van der Waals surface area contributed by atoms with Crippen LogP contribution in [0.15, 0.2) is 58.6 Å². The number of carbonyl (C=O) groups is 1. The highest BCUT2D eigenvalue weighted by Gasteiger charge is 2.29. The smallest absolute Gasteiger partial charge is 0.252 e. The molecule has 1 fully saturated rings. The lowest BCUT2D eigenvalue weighted by Crippen LogP contribution is -2.40. The Labute approximate surface area is 181 Å². The Morgan fingerprint density at radius 2 is 1.97 bits per heavy atom. The van der Waals surface area contributed by atoms with Crippen LogP contribution in [-0.2, 0) is 11.2 Å². The van der Waals surface area contributed by atoms with Gasteiger partial charge < -0.3 is 15.7 Å². The van der Waals surface area contributed by atoms with Crippen LogP contribution in [0.25, 0.3) is 5.57 Å². The van der Waals surface area contributed by atoms with Crippen LogP contribution in [0.4, 0.5) is 5.95 Å². The number of carbonyl (C=O) groups excluding carboxylic acids is 1. The van der Waals surface area contributed by atoms with E-state index in [1.807, 2.05) is 35.2 Å². The third-order valence-corrected chi connectivity index (χ3v) is 6.05. The molecule has 1 saturated heterocycles. The zero-order valence-corrected chi connectivity index (χ0v) is 17.5. The molecule has 0 saturated carbocycles. The molecule has 1 aromatic heterocycles. The lowest BCUT2D eigenvalue weighted by atomic mass is 9.81. The zero-order valence-electron chi connectivity index (χ0n) is 17.5. The fourth-order valence-electron chi connectivity index (χ4n) is 4.56. The van der Waals surface area contributed by atoms with Crippen LogP contribution in [0.2, 0.25) is 0 Å². The SMILES string of the molecule is Nc1nc(CC(=O)N2CCC(C3=CCCCC(O)=C3c3ccccc3)CC2)cc(=O)[nH]1. The first kappa shape index (κ1) is 20.9. The average molecular weight is 421 g/mol. The zero-order chi connectivity index (χ0) is 21.8. The fourth-order valence-corrected chi connectivity index (χ4v) is 4.56. The molecule has 0 unspecified atom stereocenters. The van der Waals surface area contributed by atoms with E-state index in [1.165, 1.54) is 11.6 Å². The minimum atomic E-state index is -0.352. The van der Waals surface area contributed by atoms with Crippen LogP contribution < -0.4 is 11.3 Å². The Morgan fingerprint density at radius 1 is 1.23 bits per heavy atom. The predicted octanol–water partition coefficient (Wildman–Crippen LogP) is 3.21. The van der Waals surface area contributed by atoms with Gasteiger partial charge in [0.25, 0.3) is 5.56 Å². The molecule has 0 atom stereocenters. The highest BCUT2D eigenvalue weighted by atomic mass is 16.3. The Bertz CT molecular complexity index is 1060. The molecule has 0 radical (unpaired) electrons. The number of nitrogens with zero attached hydrogens (tertiary/aromatic N) is 2. The lowest BCUT2D eigenvalue weighted by Gasteiger charge is -2.34. The van der Waals surface area contributed by atoms with Gasteiger partial charge in [0.05, 0.1) is 12.1 Å². The third-order valence-electron chi connectivity index (χ3n) is 6.05. The van der Waals surface area contributed by atoms with Crippen LogP contribution in [0.3, 0.4) is 0 Å². The molecule has 31 heavy (non-hydrogen) atoms. The molecular weight excluding hydrogens is 392 g/mol. The molecule has 2 aliphatic rings. The number of nitrogens with two attached hydrogens (primary N) is 1. The maximum Gasteiger partial charge on any atom is 0.252 e. The summed E-state index contributed by atoms with van der Waals surface area (Å²) in [5.74, 6) is 0.737. The molecule has 1 amide bonds. The van der Waals surface area contributed by atoms with Gasteiger partial charge in [-0.25, -0.2) is 4.98 Å². The third kappa shape index (κ3) is 4.87. The summed E-state index contributed by atoms with van der Waals surface area (Å²) < 4.78 is 0. The van der Waals surface area contributed by atoms with Crippen molar-refractivity contribution in [1.29, 1.82) is 0 Å². The Kier molecular flexibility index (Phi) is 6.21. The van der Waals surface area contributed by atoms with E-state index in [0.717, 1.165) is 36.8 Å². The molecule has 2 aromatic rings. The second-order valence-electron chi connectivity index (χ2n) is 8.19. The number of allylic oxidation sites excluding steroid dienone is 4. The maximum absolute atomic E-state index is 12.7. The highest BCUT2D eigenvalue weighted by Crippen LogP contribution is 2.39. The number of nitrogen functional groups attached to an aromatic ring is 1. The topological polar surface area (TPSA) is 112 Å². The highest BCUT2D eigenvalue weighted by molar-refractivity contribution is 5.81. The summed E-state index contributed by atoms with van der Waals surface area (Å²) in [7, 11) is 0. The minimum absolute atomic E-state index is 0.0225. The summed E-state index contributed by atoms with van der Waals surface area (Å²) >= 11 is 0. The van der Waals surface area contributed by atoms with Crippen LogP contribution in [0.1, 0.15) is 43.4 Å². The van der Waals surface area contributed by atoms with Gasteiger partial charge in [0.15, 0.2) is 0 Å². The number of H-pyrrole nitrogens is 1. The Morgan fingerprint density at radius 3 is 2.68 bits per heavy atom. The van der Waals surface area contributed by atoms with Crippen LogP contribution >= 0.6 is 0 Å². The largest absolute Gasteiger partial charge is 0.512 e. The lowest BCUT2D eigenvalue weighted by molar-refractivity contribution is -0.131. The fraction of sp³-hybridized carbons (Fsp3) is 0.375. The van der Waals surface area contributed by atoms with E-state index < -0.39 is 0 Å². The Hall–Kier alpha value is -3.35. The molecule has 1 aromatic carbocycles. The molecular formula is C24H28N4O3. The number of nitrogens with one attached hydrogen (secondary N) is 1. The van der Waals surface area contributed by atoms with Crippen molar-refractivity contribution >= 4 is 17.4 Å². The van der Waals surface area contributed by atoms with Gasteiger partial charge in [-0.15, -0.1) is 0 Å². The second-order valence-corrected chi connectivity index (χ2v) is 8.19. The number of aliphatic hydroxyl groups is 1. The molecule has 0 spiro atoms. The van der Waals surface area contributed by atoms with Gasteiger partial charge in [-0.05, 0) is 42.7 Å². The number of likely N-dealkylation sites (tertiary alicyclic amines) is 1. The maximum atomic E-state index is 12.7. The van der Waals surface area contributed by atoms with Crippen molar-refractivity contribution in [2.24, 2.45) is 5.92 Å². The first-order valence-corrected chi connectivity index (χ1v) is 10.8. The van der Waals surface area contributed by atoms with Crippen molar-refractivity contribution in [1.82, 2.24) is 14.9 Å². The number of amides is 1. The predicted molar refractivity (Wildman–Crippen MR) is 120 cm³/mol. The van der Waals surface area contributed by atoms with Gasteiger partial charge in [-0.2, -0.15) is 0 Å². The van der Waals surface area contributed by atoms with Gasteiger partial charge in [0.2, 0.25) is 11.9 Å². The molecule has 1 aliphatic heterocycles. The number of aliphatic hydroxyl groups excluding tert-OH is 1. The van der Waals surface area contributed by atoms with E-state index in [-0.39, 0.29) is 23.8 Å². The monoisotopic (exact) mass is 420 g/mol. The second kappa shape index (κ2) is 9.20. The molecule has 4 N–H and O–H groups in total. The quantitative estimate of drug-likeness (QED) is 0.703. The molecule has 0 bridgehead atoms. The number of anilines is 1. The standard InChI is InChI=1S/C24H28N4O3/c25-24-26-18(14-21(30)27-24)15-22(31)28-12-10-16(11-13-28)19-8-4-5-9-20(29)23(19)17-6-2-1-3-7-17/h1-3,6-8,14,16,29H,4-5,9-13,15H2,(H3,25,26,27,30). The van der Waals surface area contributed by atoms with Crippen LogP contribution in [0.5, 0.6) is 0 Å². The van der Waals surface area contributed by atoms with Crippen LogP contribution in [0, 0.1) is 5.92 Å². The van der Waals surface area contributed by atoms with Gasteiger partial charge in [-0.1, -0.05) is 36.4 Å². The van der Waals surface area contributed by atoms with E-state index >= 15 is 0 Å². The molecule has 7 heteroatoms. The van der Waals surface area contributed by atoms with Gasteiger partial charge in [-0.3, -0.25) is 14.6 Å². The van der Waals surface area contributed by atoms with Crippen molar-refractivity contribution in [2.45, 2.75) is 38.5 Å². The molecule has 2 heterocycles.